The van der Waals surface area contributed by atoms with E-state index < -0.39 is 11.9 Å². The van der Waals surface area contributed by atoms with Crippen LogP contribution < -0.4 is 5.73 Å². The third-order valence-corrected chi connectivity index (χ3v) is 2.17. The Morgan fingerprint density at radius 3 is 2.65 bits per heavy atom. The number of anilines is 1. The number of hydrogen-bond donors (Lipinski definition) is 2. The van der Waals surface area contributed by atoms with Crippen molar-refractivity contribution in [3.63, 3.8) is 0 Å². The molecule has 0 saturated heterocycles. The summed E-state index contributed by atoms with van der Waals surface area (Å²) in [6.07, 6.45) is -0.592. The van der Waals surface area contributed by atoms with Crippen LogP contribution in [0.1, 0.15) is 38.9 Å². The predicted molar refractivity (Wildman–Crippen MR) is 67.6 cm³/mol. The minimum absolute atomic E-state index is 0.104. The molecule has 0 aromatic heterocycles. The van der Waals surface area contributed by atoms with Crippen LogP contribution in [0.4, 0.5) is 10.1 Å². The van der Waals surface area contributed by atoms with Crippen LogP contribution in [-0.2, 0) is 0 Å². The Morgan fingerprint density at radius 1 is 1.41 bits per heavy atom. The van der Waals surface area contributed by atoms with Crippen LogP contribution in [0.15, 0.2) is 18.2 Å². The highest BCUT2D eigenvalue weighted by atomic mass is 19.1. The van der Waals surface area contributed by atoms with Crippen LogP contribution in [0.3, 0.4) is 0 Å². The lowest BCUT2D eigenvalue weighted by molar-refractivity contribution is 0.184. The normalized spacial score (nSPS) is 12.8. The average Bonchev–Trinajstić information content (AvgIpc) is 2.19. The van der Waals surface area contributed by atoms with Gasteiger partial charge in [-0.3, -0.25) is 0 Å². The maximum atomic E-state index is 13.0. The van der Waals surface area contributed by atoms with Crippen molar-refractivity contribution in [2.75, 3.05) is 5.73 Å². The SMILES string of the molecule is CC(C)(C)C#CCC(O)c1cc(F)ccc1N. The van der Waals surface area contributed by atoms with E-state index in [0.29, 0.717) is 11.3 Å². The van der Waals surface area contributed by atoms with Gasteiger partial charge in [0.2, 0.25) is 0 Å². The van der Waals surface area contributed by atoms with E-state index in [2.05, 4.69) is 11.8 Å². The van der Waals surface area contributed by atoms with Crippen molar-refractivity contribution in [1.82, 2.24) is 0 Å². The summed E-state index contributed by atoms with van der Waals surface area (Å²) in [5, 5.41) is 9.87. The minimum atomic E-state index is -0.847. The molecule has 92 valence electrons. The third kappa shape index (κ3) is 4.46. The standard InChI is InChI=1S/C14H18FNO/c1-14(2,3)8-4-5-13(17)11-9-10(15)6-7-12(11)16/h6-7,9,13,17H,5,16H2,1-3H3. The molecule has 0 spiro atoms. The topological polar surface area (TPSA) is 46.2 Å². The molecule has 0 saturated carbocycles. The molecule has 0 aliphatic heterocycles. The Hall–Kier alpha value is -1.53. The molecule has 1 atom stereocenters. The first-order valence-corrected chi connectivity index (χ1v) is 5.52. The lowest BCUT2D eigenvalue weighted by Crippen LogP contribution is -2.03. The van der Waals surface area contributed by atoms with Gasteiger partial charge in [0.25, 0.3) is 0 Å². The second-order valence-corrected chi connectivity index (χ2v) is 5.04. The molecule has 2 nitrogen and oxygen atoms in total. The summed E-state index contributed by atoms with van der Waals surface area (Å²) in [6.45, 7) is 5.97. The second kappa shape index (κ2) is 5.20. The lowest BCUT2D eigenvalue weighted by Gasteiger charge is -2.11. The van der Waals surface area contributed by atoms with Gasteiger partial charge in [-0.1, -0.05) is 11.8 Å². The van der Waals surface area contributed by atoms with Gasteiger partial charge in [-0.15, -0.1) is 0 Å². The number of rotatable bonds is 2. The number of nitrogens with two attached hydrogens (primary N) is 1. The fourth-order valence-corrected chi connectivity index (χ4v) is 1.36. The average molecular weight is 235 g/mol. The molecule has 1 rings (SSSR count). The van der Waals surface area contributed by atoms with Gasteiger partial charge in [0.15, 0.2) is 0 Å². The summed E-state index contributed by atoms with van der Waals surface area (Å²) < 4.78 is 13.0. The van der Waals surface area contributed by atoms with Crippen molar-refractivity contribution in [3.05, 3.63) is 29.6 Å². The van der Waals surface area contributed by atoms with Crippen molar-refractivity contribution in [2.24, 2.45) is 5.41 Å². The Kier molecular flexibility index (Phi) is 4.14. The van der Waals surface area contributed by atoms with E-state index >= 15 is 0 Å². The zero-order valence-electron chi connectivity index (χ0n) is 10.4. The monoisotopic (exact) mass is 235 g/mol. The highest BCUT2D eigenvalue weighted by molar-refractivity contribution is 5.48. The predicted octanol–water partition coefficient (Wildman–Crippen LogP) is 2.88. The first-order valence-electron chi connectivity index (χ1n) is 5.52. The van der Waals surface area contributed by atoms with Crippen LogP contribution in [0.5, 0.6) is 0 Å². The summed E-state index contributed by atoms with van der Waals surface area (Å²) in [5.41, 5.74) is 6.35. The number of benzene rings is 1. The largest absolute Gasteiger partial charge is 0.398 e. The van der Waals surface area contributed by atoms with Gasteiger partial charge in [0.05, 0.1) is 6.10 Å². The third-order valence-electron chi connectivity index (χ3n) is 2.17. The smallest absolute Gasteiger partial charge is 0.123 e. The summed E-state index contributed by atoms with van der Waals surface area (Å²) in [7, 11) is 0. The van der Waals surface area contributed by atoms with Gasteiger partial charge in [0.1, 0.15) is 5.82 Å². The van der Waals surface area contributed by atoms with E-state index in [4.69, 9.17) is 5.73 Å². The molecular weight excluding hydrogens is 217 g/mol. The van der Waals surface area contributed by atoms with Crippen LogP contribution in [0.2, 0.25) is 0 Å². The molecule has 3 heteroatoms. The molecule has 17 heavy (non-hydrogen) atoms. The molecule has 0 aliphatic carbocycles. The Labute approximate surface area is 102 Å². The van der Waals surface area contributed by atoms with Crippen molar-refractivity contribution in [3.8, 4) is 11.8 Å². The van der Waals surface area contributed by atoms with E-state index in [0.717, 1.165) is 0 Å². The van der Waals surface area contributed by atoms with Gasteiger partial charge >= 0.3 is 0 Å². The van der Waals surface area contributed by atoms with Crippen molar-refractivity contribution in [2.45, 2.75) is 33.3 Å². The van der Waals surface area contributed by atoms with E-state index in [1.807, 2.05) is 20.8 Å². The lowest BCUT2D eigenvalue weighted by atomic mass is 9.97. The van der Waals surface area contributed by atoms with Gasteiger partial charge in [-0.05, 0) is 39.0 Å². The molecule has 0 amide bonds. The molecule has 0 heterocycles. The Balaban J connectivity index is 2.79. The molecule has 1 aromatic rings. The van der Waals surface area contributed by atoms with Gasteiger partial charge < -0.3 is 10.8 Å². The maximum Gasteiger partial charge on any atom is 0.123 e. The second-order valence-electron chi connectivity index (χ2n) is 5.04. The quantitative estimate of drug-likeness (QED) is 0.611. The number of aliphatic hydroxyl groups is 1. The molecule has 0 aliphatic rings. The summed E-state index contributed by atoms with van der Waals surface area (Å²) in [5.74, 6) is 5.50. The van der Waals surface area contributed by atoms with Crippen LogP contribution in [0, 0.1) is 23.1 Å². The Morgan fingerprint density at radius 2 is 2.06 bits per heavy atom. The van der Waals surface area contributed by atoms with Crippen LogP contribution in [0.25, 0.3) is 0 Å². The summed E-state index contributed by atoms with van der Waals surface area (Å²) in [4.78, 5) is 0. The maximum absolute atomic E-state index is 13.0. The number of halogens is 1. The van der Waals surface area contributed by atoms with Gasteiger partial charge in [0, 0.05) is 23.1 Å². The number of nitrogen functional groups attached to an aromatic ring is 1. The molecule has 0 bridgehead atoms. The van der Waals surface area contributed by atoms with E-state index in [1.54, 1.807) is 0 Å². The van der Waals surface area contributed by atoms with E-state index in [1.165, 1.54) is 18.2 Å². The summed E-state index contributed by atoms with van der Waals surface area (Å²) in [6, 6.07) is 3.97. The summed E-state index contributed by atoms with van der Waals surface area (Å²) >= 11 is 0. The zero-order valence-corrected chi connectivity index (χ0v) is 10.4. The molecule has 1 aromatic carbocycles. The van der Waals surface area contributed by atoms with Crippen LogP contribution >= 0.6 is 0 Å². The zero-order chi connectivity index (χ0) is 13.1. The number of hydrogen-bond acceptors (Lipinski definition) is 2. The fourth-order valence-electron chi connectivity index (χ4n) is 1.36. The number of aliphatic hydroxyl groups excluding tert-OH is 1. The first kappa shape index (κ1) is 13.5. The van der Waals surface area contributed by atoms with Gasteiger partial charge in [-0.25, -0.2) is 4.39 Å². The highest BCUT2D eigenvalue weighted by Gasteiger charge is 2.11. The van der Waals surface area contributed by atoms with Crippen LogP contribution in [-0.4, -0.2) is 5.11 Å². The van der Waals surface area contributed by atoms with Gasteiger partial charge in [-0.2, -0.15) is 0 Å². The molecule has 3 N–H and O–H groups in total. The molecule has 1 unspecified atom stereocenters. The molecule has 0 fully saturated rings. The molecule has 0 radical (unpaired) electrons. The van der Waals surface area contributed by atoms with Crippen molar-refractivity contribution >= 4 is 5.69 Å². The molecular formula is C14H18FNO. The minimum Gasteiger partial charge on any atom is -0.398 e. The van der Waals surface area contributed by atoms with Crippen molar-refractivity contribution in [1.29, 1.82) is 0 Å². The Bertz CT molecular complexity index is 452. The fraction of sp³-hybridized carbons (Fsp3) is 0.429. The highest BCUT2D eigenvalue weighted by Crippen LogP contribution is 2.23. The first-order chi connectivity index (χ1) is 7.79. The van der Waals surface area contributed by atoms with Crippen molar-refractivity contribution < 1.29 is 9.50 Å². The van der Waals surface area contributed by atoms with E-state index in [9.17, 15) is 9.50 Å². The van der Waals surface area contributed by atoms with E-state index in [-0.39, 0.29) is 11.8 Å².